The van der Waals surface area contributed by atoms with E-state index in [2.05, 4.69) is 31.5 Å². The van der Waals surface area contributed by atoms with E-state index in [-0.39, 0.29) is 11.9 Å². The van der Waals surface area contributed by atoms with E-state index in [1.54, 1.807) is 0 Å². The van der Waals surface area contributed by atoms with Crippen molar-refractivity contribution in [3.05, 3.63) is 53.2 Å². The summed E-state index contributed by atoms with van der Waals surface area (Å²) in [6, 6.07) is 12.4. The SMILES string of the molecule is O=C(NC1CCN(c2cc(C3CC3)[nH]n2)CC1)c1csc(-c2ccccc2)n1. The van der Waals surface area contributed by atoms with Gasteiger partial charge in [-0.3, -0.25) is 9.89 Å². The zero-order chi connectivity index (χ0) is 18.9. The number of nitrogens with zero attached hydrogens (tertiary/aromatic N) is 3. The van der Waals surface area contributed by atoms with Gasteiger partial charge in [0.15, 0.2) is 5.82 Å². The normalized spacial score (nSPS) is 17.6. The molecule has 28 heavy (non-hydrogen) atoms. The summed E-state index contributed by atoms with van der Waals surface area (Å²) in [5, 5.41) is 13.5. The summed E-state index contributed by atoms with van der Waals surface area (Å²) in [6.45, 7) is 1.82. The number of hydrogen-bond acceptors (Lipinski definition) is 5. The quantitative estimate of drug-likeness (QED) is 0.691. The van der Waals surface area contributed by atoms with Crippen molar-refractivity contribution >= 4 is 23.1 Å². The summed E-state index contributed by atoms with van der Waals surface area (Å²) in [5.41, 5.74) is 2.82. The summed E-state index contributed by atoms with van der Waals surface area (Å²) in [5.74, 6) is 1.66. The summed E-state index contributed by atoms with van der Waals surface area (Å²) >= 11 is 1.51. The maximum Gasteiger partial charge on any atom is 0.270 e. The second kappa shape index (κ2) is 7.39. The van der Waals surface area contributed by atoms with Crippen molar-refractivity contribution < 1.29 is 4.79 Å². The van der Waals surface area contributed by atoms with Crippen LogP contribution in [0.25, 0.3) is 10.6 Å². The largest absolute Gasteiger partial charge is 0.355 e. The van der Waals surface area contributed by atoms with Crippen LogP contribution in [0.5, 0.6) is 0 Å². The lowest BCUT2D eigenvalue weighted by Crippen LogP contribution is -2.44. The molecule has 2 N–H and O–H groups in total. The molecular formula is C21H23N5OS. The number of carbonyl (C=O) groups is 1. The summed E-state index contributed by atoms with van der Waals surface area (Å²) in [4.78, 5) is 19.4. The average Bonchev–Trinajstić information content (AvgIpc) is 3.27. The molecule has 3 heterocycles. The average molecular weight is 394 g/mol. The van der Waals surface area contributed by atoms with E-state index in [1.165, 1.54) is 29.9 Å². The molecule has 7 heteroatoms. The first-order valence-corrected chi connectivity index (χ1v) is 10.8. The lowest BCUT2D eigenvalue weighted by atomic mass is 10.0. The Bertz CT molecular complexity index is 954. The maximum absolute atomic E-state index is 12.6. The Hall–Kier alpha value is -2.67. The first-order chi connectivity index (χ1) is 13.8. The number of rotatable bonds is 5. The van der Waals surface area contributed by atoms with Crippen LogP contribution in [-0.4, -0.2) is 40.2 Å². The Labute approximate surface area is 168 Å². The fourth-order valence-electron chi connectivity index (χ4n) is 3.69. The van der Waals surface area contributed by atoms with Crippen LogP contribution in [-0.2, 0) is 0 Å². The van der Waals surface area contributed by atoms with Gasteiger partial charge in [-0.2, -0.15) is 5.10 Å². The van der Waals surface area contributed by atoms with Crippen molar-refractivity contribution in [2.75, 3.05) is 18.0 Å². The van der Waals surface area contributed by atoms with Gasteiger partial charge in [0.1, 0.15) is 10.7 Å². The minimum atomic E-state index is -0.0762. The van der Waals surface area contributed by atoms with Crippen molar-refractivity contribution in [1.29, 1.82) is 0 Å². The highest BCUT2D eigenvalue weighted by atomic mass is 32.1. The number of amides is 1. The van der Waals surface area contributed by atoms with Gasteiger partial charge in [-0.05, 0) is 25.7 Å². The predicted octanol–water partition coefficient (Wildman–Crippen LogP) is 3.81. The van der Waals surface area contributed by atoms with Crippen LogP contribution in [0.3, 0.4) is 0 Å². The van der Waals surface area contributed by atoms with E-state index >= 15 is 0 Å². The molecule has 0 atom stereocenters. The van der Waals surface area contributed by atoms with E-state index < -0.39 is 0 Å². The molecule has 1 saturated carbocycles. The second-order valence-corrected chi connectivity index (χ2v) is 8.45. The number of carbonyl (C=O) groups excluding carboxylic acids is 1. The van der Waals surface area contributed by atoms with Gasteiger partial charge < -0.3 is 10.2 Å². The zero-order valence-electron chi connectivity index (χ0n) is 15.6. The summed E-state index contributed by atoms with van der Waals surface area (Å²) in [6.07, 6.45) is 4.40. The second-order valence-electron chi connectivity index (χ2n) is 7.59. The fraction of sp³-hybridized carbons (Fsp3) is 0.381. The smallest absolute Gasteiger partial charge is 0.270 e. The molecule has 0 radical (unpaired) electrons. The number of anilines is 1. The molecule has 2 aliphatic rings. The number of H-pyrrole nitrogens is 1. The minimum Gasteiger partial charge on any atom is -0.355 e. The van der Waals surface area contributed by atoms with Crippen LogP contribution in [0.1, 0.15) is 47.8 Å². The lowest BCUT2D eigenvalue weighted by Gasteiger charge is -2.32. The van der Waals surface area contributed by atoms with Gasteiger partial charge in [-0.1, -0.05) is 30.3 Å². The molecule has 1 aliphatic carbocycles. The van der Waals surface area contributed by atoms with Gasteiger partial charge in [0.2, 0.25) is 0 Å². The van der Waals surface area contributed by atoms with Crippen LogP contribution in [0.4, 0.5) is 5.82 Å². The third-order valence-corrected chi connectivity index (χ3v) is 6.40. The zero-order valence-corrected chi connectivity index (χ0v) is 16.4. The van der Waals surface area contributed by atoms with Gasteiger partial charge in [0.05, 0.1) is 0 Å². The number of nitrogens with one attached hydrogen (secondary N) is 2. The molecule has 0 bridgehead atoms. The Morgan fingerprint density at radius 2 is 1.93 bits per heavy atom. The molecule has 2 aromatic heterocycles. The first-order valence-electron chi connectivity index (χ1n) is 9.88. The van der Waals surface area contributed by atoms with Gasteiger partial charge in [0, 0.05) is 47.8 Å². The van der Waals surface area contributed by atoms with Gasteiger partial charge in [-0.25, -0.2) is 4.98 Å². The summed E-state index contributed by atoms with van der Waals surface area (Å²) < 4.78 is 0. The van der Waals surface area contributed by atoms with E-state index in [1.807, 2.05) is 35.7 Å². The molecule has 144 valence electrons. The molecule has 5 rings (SSSR count). The van der Waals surface area contributed by atoms with Crippen LogP contribution in [0.2, 0.25) is 0 Å². The molecule has 3 aromatic rings. The molecule has 1 aromatic carbocycles. The highest BCUT2D eigenvalue weighted by Crippen LogP contribution is 2.40. The van der Waals surface area contributed by atoms with E-state index in [9.17, 15) is 4.79 Å². The number of aromatic nitrogens is 3. The van der Waals surface area contributed by atoms with Gasteiger partial charge in [-0.15, -0.1) is 11.3 Å². The number of aromatic amines is 1. The van der Waals surface area contributed by atoms with Crippen LogP contribution < -0.4 is 10.2 Å². The molecular weight excluding hydrogens is 370 g/mol. The third-order valence-electron chi connectivity index (χ3n) is 5.51. The Morgan fingerprint density at radius 1 is 1.14 bits per heavy atom. The van der Waals surface area contributed by atoms with Crippen LogP contribution in [0, 0.1) is 0 Å². The Balaban J connectivity index is 1.16. The number of hydrogen-bond donors (Lipinski definition) is 2. The number of benzene rings is 1. The molecule has 1 aliphatic heterocycles. The van der Waals surface area contributed by atoms with Crippen molar-refractivity contribution in [2.45, 2.75) is 37.6 Å². The molecule has 1 amide bonds. The highest BCUT2D eigenvalue weighted by molar-refractivity contribution is 7.13. The topological polar surface area (TPSA) is 73.9 Å². The van der Waals surface area contributed by atoms with E-state index in [4.69, 9.17) is 0 Å². The van der Waals surface area contributed by atoms with Crippen molar-refractivity contribution in [3.63, 3.8) is 0 Å². The van der Waals surface area contributed by atoms with Gasteiger partial charge >= 0.3 is 0 Å². The standard InChI is InChI=1S/C21H23N5OS/c27-20(18-13-28-21(23-18)15-4-2-1-3-5-15)22-16-8-10-26(11-9-16)19-12-17(24-25-19)14-6-7-14/h1-5,12-14,16H,6-11H2,(H,22,27)(H,24,25). The molecule has 0 spiro atoms. The van der Waals surface area contributed by atoms with Gasteiger partial charge in [0.25, 0.3) is 5.91 Å². The lowest BCUT2D eigenvalue weighted by molar-refractivity contribution is 0.0927. The Kier molecular flexibility index (Phi) is 4.60. The van der Waals surface area contributed by atoms with E-state index in [0.29, 0.717) is 11.6 Å². The Morgan fingerprint density at radius 3 is 2.68 bits per heavy atom. The molecule has 1 saturated heterocycles. The summed E-state index contributed by atoms with van der Waals surface area (Å²) in [7, 11) is 0. The van der Waals surface area contributed by atoms with E-state index in [0.717, 1.165) is 42.3 Å². The van der Waals surface area contributed by atoms with Crippen molar-refractivity contribution in [2.24, 2.45) is 0 Å². The predicted molar refractivity (Wildman–Crippen MR) is 111 cm³/mol. The molecule has 2 fully saturated rings. The van der Waals surface area contributed by atoms with Crippen LogP contribution in [0.15, 0.2) is 41.8 Å². The molecule has 0 unspecified atom stereocenters. The highest BCUT2D eigenvalue weighted by Gasteiger charge is 2.28. The monoisotopic (exact) mass is 393 g/mol. The number of thiazole rings is 1. The minimum absolute atomic E-state index is 0.0762. The maximum atomic E-state index is 12.6. The fourth-order valence-corrected chi connectivity index (χ4v) is 4.50. The van der Waals surface area contributed by atoms with Crippen molar-refractivity contribution in [3.8, 4) is 10.6 Å². The van der Waals surface area contributed by atoms with Crippen LogP contribution >= 0.6 is 11.3 Å². The molecule has 6 nitrogen and oxygen atoms in total. The third kappa shape index (κ3) is 3.67. The number of piperidine rings is 1. The first kappa shape index (κ1) is 17.4. The van der Waals surface area contributed by atoms with Crippen molar-refractivity contribution in [1.82, 2.24) is 20.5 Å².